The quantitative estimate of drug-likeness (QED) is 0.521. The van der Waals surface area contributed by atoms with E-state index in [1.807, 2.05) is 78.9 Å². The van der Waals surface area contributed by atoms with E-state index >= 15 is 0 Å². The molecule has 1 aliphatic rings. The fourth-order valence-corrected chi connectivity index (χ4v) is 6.02. The summed E-state index contributed by atoms with van der Waals surface area (Å²) in [4.78, 5) is 0.101. The number of ether oxygens (including phenoxy) is 2. The number of aliphatic hydroxyl groups is 2. The van der Waals surface area contributed by atoms with Gasteiger partial charge in [0.1, 0.15) is 0 Å². The van der Waals surface area contributed by atoms with Crippen LogP contribution in [0.4, 0.5) is 0 Å². The molecule has 0 aliphatic carbocycles. The predicted octanol–water partition coefficient (Wildman–Crippen LogP) is 3.40. The number of hydrogen-bond donors (Lipinski definition) is 2. The maximum absolute atomic E-state index is 11.1. The second kappa shape index (κ2) is 10.4. The number of rotatable bonds is 7. The van der Waals surface area contributed by atoms with Crippen LogP contribution in [0.2, 0.25) is 4.82 Å². The van der Waals surface area contributed by atoms with Gasteiger partial charge in [-0.25, -0.2) is 0 Å². The fourth-order valence-electron chi connectivity index (χ4n) is 3.61. The van der Waals surface area contributed by atoms with Crippen LogP contribution in [0.15, 0.2) is 91.0 Å². The van der Waals surface area contributed by atoms with Crippen molar-refractivity contribution in [2.24, 2.45) is 0 Å². The maximum atomic E-state index is 11.1. The van der Waals surface area contributed by atoms with E-state index in [0.29, 0.717) is 6.61 Å². The molecule has 0 aromatic heterocycles. The SMILES string of the molecule is O[C@H]1[C@H](O[C@@H](c2ccccc2)[C@@H](O)c2ccccc2)OCC[C@@H]1[Se]c1ccccc1. The summed E-state index contributed by atoms with van der Waals surface area (Å²) >= 11 is 0.117. The molecule has 4 nitrogen and oxygen atoms in total. The van der Waals surface area contributed by atoms with Crippen molar-refractivity contribution in [1.29, 1.82) is 0 Å². The molecule has 1 aliphatic heterocycles. The summed E-state index contributed by atoms with van der Waals surface area (Å²) in [5, 5.41) is 22.1. The third-order valence-corrected chi connectivity index (χ3v) is 8.07. The second-order valence-electron chi connectivity index (χ2n) is 7.31. The predicted molar refractivity (Wildman–Crippen MR) is 118 cm³/mol. The van der Waals surface area contributed by atoms with Crippen molar-refractivity contribution in [3.63, 3.8) is 0 Å². The molecular weight excluding hydrogens is 443 g/mol. The van der Waals surface area contributed by atoms with E-state index in [1.165, 1.54) is 4.46 Å². The van der Waals surface area contributed by atoms with Crippen LogP contribution >= 0.6 is 0 Å². The van der Waals surface area contributed by atoms with Crippen LogP contribution in [-0.4, -0.2) is 44.2 Å². The van der Waals surface area contributed by atoms with Crippen molar-refractivity contribution in [1.82, 2.24) is 0 Å². The van der Waals surface area contributed by atoms with Crippen LogP contribution < -0.4 is 4.46 Å². The zero-order chi connectivity index (χ0) is 20.8. The molecule has 5 atom stereocenters. The summed E-state index contributed by atoms with van der Waals surface area (Å²) in [5.74, 6) is 0. The third-order valence-electron chi connectivity index (χ3n) is 5.21. The van der Waals surface area contributed by atoms with Crippen molar-refractivity contribution < 1.29 is 19.7 Å². The molecule has 0 spiro atoms. The van der Waals surface area contributed by atoms with Gasteiger partial charge < -0.3 is 0 Å². The molecule has 1 heterocycles. The fraction of sp³-hybridized carbons (Fsp3) is 0.280. The molecule has 30 heavy (non-hydrogen) atoms. The molecule has 1 fully saturated rings. The number of hydrogen-bond acceptors (Lipinski definition) is 4. The second-order valence-corrected chi connectivity index (χ2v) is 10.1. The van der Waals surface area contributed by atoms with Gasteiger partial charge in [-0.3, -0.25) is 0 Å². The molecule has 0 unspecified atom stereocenters. The molecule has 156 valence electrons. The summed E-state index contributed by atoms with van der Waals surface area (Å²) in [6, 6.07) is 29.3. The molecule has 3 aromatic rings. The van der Waals surface area contributed by atoms with Crippen LogP contribution in [0.25, 0.3) is 0 Å². The Morgan fingerprint density at radius 2 is 1.40 bits per heavy atom. The van der Waals surface area contributed by atoms with E-state index in [9.17, 15) is 10.2 Å². The van der Waals surface area contributed by atoms with Crippen LogP contribution in [-0.2, 0) is 9.47 Å². The van der Waals surface area contributed by atoms with Crippen molar-refractivity contribution in [3.8, 4) is 0 Å². The minimum absolute atomic E-state index is 0.101. The van der Waals surface area contributed by atoms with Gasteiger partial charge in [-0.1, -0.05) is 0 Å². The van der Waals surface area contributed by atoms with Gasteiger partial charge >= 0.3 is 184 Å². The van der Waals surface area contributed by atoms with Crippen LogP contribution in [0.3, 0.4) is 0 Å². The van der Waals surface area contributed by atoms with Gasteiger partial charge in [0.2, 0.25) is 0 Å². The first-order chi connectivity index (χ1) is 14.7. The van der Waals surface area contributed by atoms with Gasteiger partial charge in [-0.2, -0.15) is 0 Å². The molecule has 0 amide bonds. The minimum atomic E-state index is -0.871. The van der Waals surface area contributed by atoms with Crippen molar-refractivity contribution >= 4 is 19.4 Å². The molecule has 2 N–H and O–H groups in total. The Morgan fingerprint density at radius 1 is 0.833 bits per heavy atom. The summed E-state index contributed by atoms with van der Waals surface area (Å²) in [7, 11) is 0. The van der Waals surface area contributed by atoms with Gasteiger partial charge in [-0.05, 0) is 0 Å². The Morgan fingerprint density at radius 3 is 2.03 bits per heavy atom. The Balaban J connectivity index is 1.53. The van der Waals surface area contributed by atoms with Crippen LogP contribution in [0.5, 0.6) is 0 Å². The van der Waals surface area contributed by atoms with E-state index < -0.39 is 24.6 Å². The molecule has 1 saturated heterocycles. The van der Waals surface area contributed by atoms with E-state index in [2.05, 4.69) is 12.1 Å². The Kier molecular flexibility index (Phi) is 7.34. The molecule has 0 bridgehead atoms. The van der Waals surface area contributed by atoms with Gasteiger partial charge in [0, 0.05) is 0 Å². The Bertz CT molecular complexity index is 891. The zero-order valence-corrected chi connectivity index (χ0v) is 18.3. The van der Waals surface area contributed by atoms with Gasteiger partial charge in [0.05, 0.1) is 0 Å². The van der Waals surface area contributed by atoms with Crippen LogP contribution in [0, 0.1) is 0 Å². The van der Waals surface area contributed by atoms with Gasteiger partial charge in [0.25, 0.3) is 0 Å². The average Bonchev–Trinajstić information content (AvgIpc) is 2.81. The topological polar surface area (TPSA) is 58.9 Å². The summed E-state index contributed by atoms with van der Waals surface area (Å²) in [5.41, 5.74) is 1.61. The standard InChI is InChI=1S/C25H26O4Se/c26-22(18-10-4-1-5-11-18)24(19-12-6-2-7-13-19)29-25-23(27)21(16-17-28-25)30-20-14-8-3-9-15-20/h1-15,21-27H,16-17H2/t21-,22-,23+,24-,25-/m0/s1. The first-order valence-corrected chi connectivity index (χ1v) is 12.0. The number of benzene rings is 3. The monoisotopic (exact) mass is 470 g/mol. The third kappa shape index (κ3) is 5.19. The Hall–Kier alpha value is -1.98. The summed E-state index contributed by atoms with van der Waals surface area (Å²) in [6.45, 7) is 0.532. The zero-order valence-electron chi connectivity index (χ0n) is 16.6. The Labute approximate surface area is 183 Å². The van der Waals surface area contributed by atoms with Gasteiger partial charge in [-0.15, -0.1) is 0 Å². The van der Waals surface area contributed by atoms with Crippen molar-refractivity contribution in [2.45, 2.75) is 35.8 Å². The number of aliphatic hydroxyl groups excluding tert-OH is 2. The molecule has 4 rings (SSSR count). The van der Waals surface area contributed by atoms with Crippen LogP contribution in [0.1, 0.15) is 29.8 Å². The normalized spacial score (nSPS) is 23.6. The van der Waals surface area contributed by atoms with Gasteiger partial charge in [0.15, 0.2) is 0 Å². The van der Waals surface area contributed by atoms with E-state index in [1.54, 1.807) is 0 Å². The molecule has 3 aromatic carbocycles. The van der Waals surface area contributed by atoms with Crippen molar-refractivity contribution in [3.05, 3.63) is 102 Å². The van der Waals surface area contributed by atoms with E-state index in [0.717, 1.165) is 17.5 Å². The van der Waals surface area contributed by atoms with E-state index in [4.69, 9.17) is 9.47 Å². The summed E-state index contributed by atoms with van der Waals surface area (Å²) < 4.78 is 13.3. The molecule has 5 heteroatoms. The first kappa shape index (κ1) is 21.3. The molecule has 0 radical (unpaired) electrons. The first-order valence-electron chi connectivity index (χ1n) is 10.2. The summed E-state index contributed by atoms with van der Waals surface area (Å²) in [6.07, 6.45) is -2.24. The molecular formula is C25H26O4Se. The molecule has 0 saturated carbocycles. The van der Waals surface area contributed by atoms with Crippen molar-refractivity contribution in [2.75, 3.05) is 6.61 Å². The van der Waals surface area contributed by atoms with E-state index in [-0.39, 0.29) is 19.8 Å². The average molecular weight is 469 g/mol.